The fourth-order valence-corrected chi connectivity index (χ4v) is 2.43. The van der Waals surface area contributed by atoms with Gasteiger partial charge in [-0.1, -0.05) is 27.2 Å². The molecule has 2 atom stereocenters. The van der Waals surface area contributed by atoms with E-state index in [4.69, 9.17) is 0 Å². The summed E-state index contributed by atoms with van der Waals surface area (Å²) in [4.78, 5) is 4.42. The van der Waals surface area contributed by atoms with E-state index in [1.165, 1.54) is 18.7 Å². The van der Waals surface area contributed by atoms with Gasteiger partial charge in [0, 0.05) is 30.9 Å². The van der Waals surface area contributed by atoms with Crippen LogP contribution in [-0.4, -0.2) is 22.6 Å². The van der Waals surface area contributed by atoms with Gasteiger partial charge < -0.3 is 9.88 Å². The molecule has 0 radical (unpaired) electrons. The lowest BCUT2D eigenvalue weighted by molar-refractivity contribution is 0.330. The Morgan fingerprint density at radius 3 is 2.62 bits per heavy atom. The molecule has 1 aromatic heterocycles. The van der Waals surface area contributed by atoms with E-state index in [-0.39, 0.29) is 0 Å². The highest BCUT2D eigenvalue weighted by Crippen LogP contribution is 2.21. The molecule has 1 N–H and O–H groups in total. The number of aromatic nitrogens is 2. The Morgan fingerprint density at radius 2 is 2.12 bits per heavy atom. The number of imidazole rings is 1. The van der Waals surface area contributed by atoms with E-state index in [1.807, 2.05) is 6.20 Å². The van der Waals surface area contributed by atoms with Crippen LogP contribution in [0.4, 0.5) is 0 Å². The van der Waals surface area contributed by atoms with Gasteiger partial charge in [0.15, 0.2) is 0 Å². The molecule has 0 aliphatic rings. The Kier molecular flexibility index (Phi) is 5.53. The van der Waals surface area contributed by atoms with Crippen molar-refractivity contribution in [2.24, 2.45) is 0 Å². The Balaban J connectivity index is 2.87. The zero-order valence-corrected chi connectivity index (χ0v) is 11.0. The largest absolute Gasteiger partial charge is 0.330 e. The van der Waals surface area contributed by atoms with E-state index in [0.29, 0.717) is 12.1 Å². The molecule has 92 valence electrons. The molecule has 2 unspecified atom stereocenters. The molecule has 3 nitrogen and oxygen atoms in total. The number of nitrogens with zero attached hydrogens (tertiary/aromatic N) is 2. The SMILES string of the molecule is CCCC(NC)C(CC)n1ccnc1CC. The summed E-state index contributed by atoms with van der Waals surface area (Å²) >= 11 is 0. The summed E-state index contributed by atoms with van der Waals surface area (Å²) in [5.41, 5.74) is 0. The van der Waals surface area contributed by atoms with Crippen LogP contribution in [0.25, 0.3) is 0 Å². The Bertz CT molecular complexity index is 293. The highest BCUT2D eigenvalue weighted by Gasteiger charge is 2.20. The molecule has 0 saturated carbocycles. The van der Waals surface area contributed by atoms with E-state index >= 15 is 0 Å². The van der Waals surface area contributed by atoms with Gasteiger partial charge in [0.1, 0.15) is 5.82 Å². The fraction of sp³-hybridized carbons (Fsp3) is 0.769. The minimum Gasteiger partial charge on any atom is -0.330 e. The van der Waals surface area contributed by atoms with E-state index < -0.39 is 0 Å². The van der Waals surface area contributed by atoms with Crippen molar-refractivity contribution in [2.75, 3.05) is 7.05 Å². The minimum absolute atomic E-state index is 0.530. The molecule has 0 aliphatic carbocycles. The first-order valence-corrected chi connectivity index (χ1v) is 6.47. The maximum absolute atomic E-state index is 4.42. The van der Waals surface area contributed by atoms with E-state index in [2.05, 4.69) is 48.9 Å². The molecule has 16 heavy (non-hydrogen) atoms. The molecule has 3 heteroatoms. The van der Waals surface area contributed by atoms with Crippen LogP contribution in [0.3, 0.4) is 0 Å². The molecular weight excluding hydrogens is 198 g/mol. The van der Waals surface area contributed by atoms with Crippen LogP contribution in [-0.2, 0) is 6.42 Å². The third-order valence-corrected chi connectivity index (χ3v) is 3.28. The molecule has 0 saturated heterocycles. The van der Waals surface area contributed by atoms with Gasteiger partial charge in [0.2, 0.25) is 0 Å². The normalized spacial score (nSPS) is 15.0. The third-order valence-electron chi connectivity index (χ3n) is 3.28. The number of aryl methyl sites for hydroxylation is 1. The van der Waals surface area contributed by atoms with Crippen LogP contribution in [0.1, 0.15) is 51.9 Å². The van der Waals surface area contributed by atoms with Gasteiger partial charge >= 0.3 is 0 Å². The predicted octanol–water partition coefficient (Wildman–Crippen LogP) is 2.78. The summed E-state index contributed by atoms with van der Waals surface area (Å²) in [6, 6.07) is 1.08. The molecule has 1 heterocycles. The number of likely N-dealkylation sites (N-methyl/N-ethyl adjacent to an activating group) is 1. The summed E-state index contributed by atoms with van der Waals surface area (Å²) in [6.45, 7) is 6.66. The van der Waals surface area contributed by atoms with E-state index in [9.17, 15) is 0 Å². The molecule has 0 aromatic carbocycles. The molecule has 1 rings (SSSR count). The van der Waals surface area contributed by atoms with Crippen molar-refractivity contribution < 1.29 is 0 Å². The van der Waals surface area contributed by atoms with Crippen LogP contribution < -0.4 is 5.32 Å². The summed E-state index contributed by atoms with van der Waals surface area (Å²) in [5, 5.41) is 3.44. The Labute approximate surface area is 99.3 Å². The average Bonchev–Trinajstić information content (AvgIpc) is 2.77. The quantitative estimate of drug-likeness (QED) is 0.770. The molecule has 0 amide bonds. The lowest BCUT2D eigenvalue weighted by Crippen LogP contribution is -2.35. The third kappa shape index (κ3) is 2.85. The van der Waals surface area contributed by atoms with Gasteiger partial charge in [-0.15, -0.1) is 0 Å². The van der Waals surface area contributed by atoms with Gasteiger partial charge in [0.25, 0.3) is 0 Å². The van der Waals surface area contributed by atoms with Crippen LogP contribution in [0.5, 0.6) is 0 Å². The van der Waals surface area contributed by atoms with E-state index in [1.54, 1.807) is 0 Å². The highest BCUT2D eigenvalue weighted by molar-refractivity contribution is 4.97. The smallest absolute Gasteiger partial charge is 0.108 e. The van der Waals surface area contributed by atoms with Crippen molar-refractivity contribution in [3.05, 3.63) is 18.2 Å². The van der Waals surface area contributed by atoms with Gasteiger partial charge in [-0.05, 0) is 19.9 Å². The molecule has 0 fully saturated rings. The summed E-state index contributed by atoms with van der Waals surface area (Å²) in [6.07, 6.45) is 8.63. The molecular formula is C13H25N3. The Morgan fingerprint density at radius 1 is 1.38 bits per heavy atom. The topological polar surface area (TPSA) is 29.9 Å². The lowest BCUT2D eigenvalue weighted by atomic mass is 10.0. The average molecular weight is 223 g/mol. The zero-order valence-electron chi connectivity index (χ0n) is 11.0. The first-order valence-electron chi connectivity index (χ1n) is 6.47. The second kappa shape index (κ2) is 6.69. The van der Waals surface area contributed by atoms with Crippen LogP contribution in [0.2, 0.25) is 0 Å². The molecule has 0 spiro atoms. The standard InChI is InChI=1S/C13H25N3/c1-5-8-11(14-4)12(6-2)16-10-9-15-13(16)7-3/h9-12,14H,5-8H2,1-4H3. The zero-order chi connectivity index (χ0) is 12.0. The molecule has 1 aromatic rings. The number of hydrogen-bond donors (Lipinski definition) is 1. The monoisotopic (exact) mass is 223 g/mol. The highest BCUT2D eigenvalue weighted by atomic mass is 15.1. The van der Waals surface area contributed by atoms with Gasteiger partial charge in [-0.3, -0.25) is 0 Å². The van der Waals surface area contributed by atoms with Crippen molar-refractivity contribution in [1.82, 2.24) is 14.9 Å². The fourth-order valence-electron chi connectivity index (χ4n) is 2.43. The minimum atomic E-state index is 0.530. The maximum atomic E-state index is 4.42. The second-order valence-electron chi connectivity index (χ2n) is 4.26. The van der Waals surface area contributed by atoms with Gasteiger partial charge in [-0.2, -0.15) is 0 Å². The van der Waals surface area contributed by atoms with Crippen LogP contribution >= 0.6 is 0 Å². The summed E-state index contributed by atoms with van der Waals surface area (Å²) in [5.74, 6) is 1.20. The number of rotatable bonds is 7. The summed E-state index contributed by atoms with van der Waals surface area (Å²) < 4.78 is 2.34. The number of hydrogen-bond acceptors (Lipinski definition) is 2. The van der Waals surface area contributed by atoms with Crippen molar-refractivity contribution in [3.63, 3.8) is 0 Å². The van der Waals surface area contributed by atoms with Gasteiger partial charge in [0.05, 0.1) is 0 Å². The van der Waals surface area contributed by atoms with Crippen LogP contribution in [0.15, 0.2) is 12.4 Å². The molecule has 0 aliphatic heterocycles. The predicted molar refractivity (Wildman–Crippen MR) is 68.7 cm³/mol. The van der Waals surface area contributed by atoms with Crippen LogP contribution in [0, 0.1) is 0 Å². The summed E-state index contributed by atoms with van der Waals surface area (Å²) in [7, 11) is 2.06. The van der Waals surface area contributed by atoms with Crippen molar-refractivity contribution in [3.8, 4) is 0 Å². The lowest BCUT2D eigenvalue weighted by Gasteiger charge is -2.28. The first-order chi connectivity index (χ1) is 7.78. The number of nitrogens with one attached hydrogen (secondary N) is 1. The second-order valence-corrected chi connectivity index (χ2v) is 4.26. The van der Waals surface area contributed by atoms with Crippen molar-refractivity contribution >= 4 is 0 Å². The maximum Gasteiger partial charge on any atom is 0.108 e. The van der Waals surface area contributed by atoms with Crippen molar-refractivity contribution in [2.45, 2.75) is 58.5 Å². The first kappa shape index (κ1) is 13.2. The van der Waals surface area contributed by atoms with E-state index in [0.717, 1.165) is 12.8 Å². The van der Waals surface area contributed by atoms with Gasteiger partial charge in [-0.25, -0.2) is 4.98 Å². The Hall–Kier alpha value is -0.830. The molecule has 0 bridgehead atoms. The van der Waals surface area contributed by atoms with Crippen molar-refractivity contribution in [1.29, 1.82) is 0 Å².